The van der Waals surface area contributed by atoms with Crippen LogP contribution in [0.3, 0.4) is 0 Å². The third-order valence-corrected chi connectivity index (χ3v) is 4.00. The lowest BCUT2D eigenvalue weighted by atomic mass is 10.2. The Morgan fingerprint density at radius 1 is 0.882 bits per heavy atom. The first-order valence-corrected chi connectivity index (χ1v) is 6.46. The average molecular weight is 239 g/mol. The Bertz CT molecular complexity index is 640. The molecule has 1 aromatic heterocycles. The summed E-state index contributed by atoms with van der Waals surface area (Å²) >= 11 is 1.78. The maximum Gasteiger partial charge on any atom is 0.0810 e. The van der Waals surface area contributed by atoms with Gasteiger partial charge >= 0.3 is 0 Å². The molecule has 0 fully saturated rings. The maximum atomic E-state index is 3.48. The number of aryl methyl sites for hydroxylation is 1. The molecule has 1 nitrogen and oxygen atoms in total. The summed E-state index contributed by atoms with van der Waals surface area (Å²) in [5.41, 5.74) is 2.54. The van der Waals surface area contributed by atoms with E-state index in [1.165, 1.54) is 26.4 Å². The second-order valence-electron chi connectivity index (χ2n) is 4.04. The lowest BCUT2D eigenvalue weighted by Gasteiger charge is -1.99. The van der Waals surface area contributed by atoms with E-state index in [0.717, 1.165) is 0 Å². The van der Waals surface area contributed by atoms with Gasteiger partial charge in [0.05, 0.1) is 5.03 Å². The SMILES string of the molecule is Cc1c(Sc2ccccc2)[nH]c2ccccc12. The van der Waals surface area contributed by atoms with Crippen molar-refractivity contribution in [2.75, 3.05) is 0 Å². The molecule has 3 rings (SSSR count). The summed E-state index contributed by atoms with van der Waals surface area (Å²) in [6, 6.07) is 18.9. The number of benzene rings is 2. The summed E-state index contributed by atoms with van der Waals surface area (Å²) in [6.45, 7) is 2.17. The van der Waals surface area contributed by atoms with Gasteiger partial charge < -0.3 is 4.98 Å². The van der Waals surface area contributed by atoms with Crippen LogP contribution in [0.5, 0.6) is 0 Å². The van der Waals surface area contributed by atoms with Crippen molar-refractivity contribution >= 4 is 22.7 Å². The highest BCUT2D eigenvalue weighted by Crippen LogP contribution is 2.33. The molecule has 0 bridgehead atoms. The molecule has 0 saturated carbocycles. The minimum Gasteiger partial charge on any atom is -0.349 e. The molecule has 0 atom stereocenters. The number of aromatic amines is 1. The van der Waals surface area contributed by atoms with Gasteiger partial charge in [-0.3, -0.25) is 0 Å². The second-order valence-corrected chi connectivity index (χ2v) is 5.12. The number of para-hydroxylation sites is 1. The molecule has 3 aromatic rings. The Kier molecular flexibility index (Phi) is 2.65. The van der Waals surface area contributed by atoms with Crippen molar-refractivity contribution in [3.05, 3.63) is 60.2 Å². The van der Waals surface area contributed by atoms with Gasteiger partial charge in [0.15, 0.2) is 0 Å². The van der Waals surface area contributed by atoms with Crippen LogP contribution >= 0.6 is 11.8 Å². The molecule has 1 N–H and O–H groups in total. The number of hydrogen-bond acceptors (Lipinski definition) is 1. The number of H-pyrrole nitrogens is 1. The number of aromatic nitrogens is 1. The van der Waals surface area contributed by atoms with Crippen LogP contribution in [0.4, 0.5) is 0 Å². The molecule has 0 aliphatic carbocycles. The van der Waals surface area contributed by atoms with Gasteiger partial charge in [-0.1, -0.05) is 48.2 Å². The molecule has 2 heteroatoms. The fraction of sp³-hybridized carbons (Fsp3) is 0.0667. The van der Waals surface area contributed by atoms with Gasteiger partial charge in [-0.25, -0.2) is 0 Å². The third kappa shape index (κ3) is 1.96. The molecule has 2 aromatic carbocycles. The Hall–Kier alpha value is -1.67. The molecular formula is C15H13NS. The third-order valence-electron chi connectivity index (χ3n) is 2.88. The van der Waals surface area contributed by atoms with E-state index in [1.54, 1.807) is 11.8 Å². The summed E-state index contributed by atoms with van der Waals surface area (Å²) in [7, 11) is 0. The monoisotopic (exact) mass is 239 g/mol. The van der Waals surface area contributed by atoms with E-state index in [4.69, 9.17) is 0 Å². The summed E-state index contributed by atoms with van der Waals surface area (Å²) in [5.74, 6) is 0. The van der Waals surface area contributed by atoms with E-state index < -0.39 is 0 Å². The van der Waals surface area contributed by atoms with Gasteiger partial charge in [0.1, 0.15) is 0 Å². The highest BCUT2D eigenvalue weighted by atomic mass is 32.2. The fourth-order valence-electron chi connectivity index (χ4n) is 1.97. The van der Waals surface area contributed by atoms with Gasteiger partial charge in [-0.15, -0.1) is 0 Å². The first-order valence-electron chi connectivity index (χ1n) is 5.65. The van der Waals surface area contributed by atoms with E-state index >= 15 is 0 Å². The smallest absolute Gasteiger partial charge is 0.0810 e. The van der Waals surface area contributed by atoms with Crippen molar-refractivity contribution in [3.63, 3.8) is 0 Å². The Balaban J connectivity index is 2.04. The lowest BCUT2D eigenvalue weighted by Crippen LogP contribution is -1.75. The summed E-state index contributed by atoms with van der Waals surface area (Å²) < 4.78 is 0. The molecule has 1 heterocycles. The zero-order valence-corrected chi connectivity index (χ0v) is 10.4. The van der Waals surface area contributed by atoms with E-state index in [0.29, 0.717) is 0 Å². The van der Waals surface area contributed by atoms with Crippen molar-refractivity contribution in [1.29, 1.82) is 0 Å². The van der Waals surface area contributed by atoms with E-state index in [9.17, 15) is 0 Å². The fourth-order valence-corrected chi connectivity index (χ4v) is 2.92. The first kappa shape index (κ1) is 10.5. The number of nitrogens with one attached hydrogen (secondary N) is 1. The molecule has 0 aliphatic heterocycles. The molecular weight excluding hydrogens is 226 g/mol. The molecule has 84 valence electrons. The van der Waals surface area contributed by atoms with Gasteiger partial charge in [-0.05, 0) is 30.7 Å². The van der Waals surface area contributed by atoms with Crippen LogP contribution in [0.1, 0.15) is 5.56 Å². The first-order chi connectivity index (χ1) is 8.34. The van der Waals surface area contributed by atoms with Crippen LogP contribution < -0.4 is 0 Å². The minimum atomic E-state index is 1.21. The quantitative estimate of drug-likeness (QED) is 0.689. The van der Waals surface area contributed by atoms with Gasteiger partial charge in [0.25, 0.3) is 0 Å². The Morgan fingerprint density at radius 3 is 2.35 bits per heavy atom. The predicted molar refractivity (Wildman–Crippen MR) is 73.6 cm³/mol. The minimum absolute atomic E-state index is 1.21. The highest BCUT2D eigenvalue weighted by Gasteiger charge is 2.07. The Morgan fingerprint density at radius 2 is 1.59 bits per heavy atom. The van der Waals surface area contributed by atoms with Crippen LogP contribution in [-0.4, -0.2) is 4.98 Å². The standard InChI is InChI=1S/C15H13NS/c1-11-13-9-5-6-10-14(13)16-15(11)17-12-7-3-2-4-8-12/h2-10,16H,1H3. The molecule has 17 heavy (non-hydrogen) atoms. The number of hydrogen-bond donors (Lipinski definition) is 1. The highest BCUT2D eigenvalue weighted by molar-refractivity contribution is 7.99. The molecule has 0 saturated heterocycles. The number of fused-ring (bicyclic) bond motifs is 1. The second kappa shape index (κ2) is 4.30. The topological polar surface area (TPSA) is 15.8 Å². The summed E-state index contributed by atoms with van der Waals surface area (Å²) in [4.78, 5) is 4.74. The van der Waals surface area contributed by atoms with Crippen LogP contribution in [0, 0.1) is 6.92 Å². The lowest BCUT2D eigenvalue weighted by molar-refractivity contribution is 1.18. The molecule has 0 amide bonds. The summed E-state index contributed by atoms with van der Waals surface area (Å²) in [5, 5.41) is 2.54. The van der Waals surface area contributed by atoms with Crippen molar-refractivity contribution in [2.24, 2.45) is 0 Å². The largest absolute Gasteiger partial charge is 0.349 e. The Labute approximate surface area is 105 Å². The van der Waals surface area contributed by atoms with E-state index in [2.05, 4.69) is 60.4 Å². The molecule has 0 spiro atoms. The van der Waals surface area contributed by atoms with Crippen molar-refractivity contribution in [2.45, 2.75) is 16.8 Å². The van der Waals surface area contributed by atoms with Crippen molar-refractivity contribution < 1.29 is 0 Å². The molecule has 0 radical (unpaired) electrons. The molecule has 0 unspecified atom stereocenters. The van der Waals surface area contributed by atoms with Gasteiger partial charge in [0.2, 0.25) is 0 Å². The average Bonchev–Trinajstić information content (AvgIpc) is 2.68. The number of rotatable bonds is 2. The maximum absolute atomic E-state index is 3.48. The predicted octanol–water partition coefficient (Wildman–Crippen LogP) is 4.63. The zero-order chi connectivity index (χ0) is 11.7. The molecule has 0 aliphatic rings. The van der Waals surface area contributed by atoms with E-state index in [1.807, 2.05) is 6.07 Å². The van der Waals surface area contributed by atoms with Crippen LogP contribution in [0.25, 0.3) is 10.9 Å². The van der Waals surface area contributed by atoms with Crippen LogP contribution in [0.2, 0.25) is 0 Å². The van der Waals surface area contributed by atoms with Gasteiger partial charge in [-0.2, -0.15) is 0 Å². The van der Waals surface area contributed by atoms with Crippen LogP contribution in [0.15, 0.2) is 64.5 Å². The van der Waals surface area contributed by atoms with Crippen molar-refractivity contribution in [1.82, 2.24) is 4.98 Å². The normalized spacial score (nSPS) is 10.9. The van der Waals surface area contributed by atoms with Crippen molar-refractivity contribution in [3.8, 4) is 0 Å². The van der Waals surface area contributed by atoms with Crippen LogP contribution in [-0.2, 0) is 0 Å². The summed E-state index contributed by atoms with van der Waals surface area (Å²) in [6.07, 6.45) is 0. The van der Waals surface area contributed by atoms with Gasteiger partial charge in [0, 0.05) is 15.8 Å². The van der Waals surface area contributed by atoms with E-state index in [-0.39, 0.29) is 0 Å². The zero-order valence-electron chi connectivity index (χ0n) is 9.60.